The lowest BCUT2D eigenvalue weighted by Gasteiger charge is -2.03. The van der Waals surface area contributed by atoms with E-state index >= 15 is 0 Å². The first-order valence-electron chi connectivity index (χ1n) is 4.58. The minimum atomic E-state index is -1.39. The van der Waals surface area contributed by atoms with Crippen molar-refractivity contribution < 1.29 is 28.2 Å². The Morgan fingerprint density at radius 3 is 2.29 bits per heavy atom. The molecular weight excluding hydrogens is 231 g/mol. The fraction of sp³-hybridized carbons (Fsp3) is 0.182. The van der Waals surface area contributed by atoms with E-state index in [4.69, 9.17) is 0 Å². The molecule has 1 aromatic carbocycles. The lowest BCUT2D eigenvalue weighted by atomic mass is 10.1. The second kappa shape index (κ2) is 5.74. The second-order valence-corrected chi connectivity index (χ2v) is 2.97. The van der Waals surface area contributed by atoms with Crippen LogP contribution in [-0.4, -0.2) is 31.7 Å². The Kier molecular flexibility index (Phi) is 4.33. The topological polar surface area (TPSA) is 69.7 Å². The van der Waals surface area contributed by atoms with Crippen LogP contribution in [0.15, 0.2) is 24.3 Å². The fourth-order valence-electron chi connectivity index (χ4n) is 1.08. The van der Waals surface area contributed by atoms with E-state index in [-0.39, 0.29) is 11.1 Å². The monoisotopic (exact) mass is 240 g/mol. The number of ether oxygens (including phenoxy) is 2. The highest BCUT2D eigenvalue weighted by molar-refractivity contribution is 5.99. The molecule has 5 nitrogen and oxygen atoms in total. The third-order valence-electron chi connectivity index (χ3n) is 1.84. The summed E-state index contributed by atoms with van der Waals surface area (Å²) in [4.78, 5) is 33.0. The van der Waals surface area contributed by atoms with Crippen LogP contribution in [0.5, 0.6) is 0 Å². The fourth-order valence-corrected chi connectivity index (χ4v) is 1.08. The molecule has 0 atom stereocenters. The van der Waals surface area contributed by atoms with E-state index in [1.807, 2.05) is 0 Å². The van der Waals surface area contributed by atoms with Crippen LogP contribution in [0.4, 0.5) is 4.39 Å². The molecule has 6 heteroatoms. The summed E-state index contributed by atoms with van der Waals surface area (Å²) in [6.45, 7) is -1.39. The molecule has 0 aliphatic carbocycles. The van der Waals surface area contributed by atoms with E-state index in [0.29, 0.717) is 0 Å². The average molecular weight is 240 g/mol. The zero-order chi connectivity index (χ0) is 12.8. The van der Waals surface area contributed by atoms with E-state index in [9.17, 15) is 18.8 Å². The van der Waals surface area contributed by atoms with E-state index < -0.39 is 24.6 Å². The Morgan fingerprint density at radius 1 is 1.18 bits per heavy atom. The van der Waals surface area contributed by atoms with Gasteiger partial charge in [-0.05, 0) is 18.2 Å². The van der Waals surface area contributed by atoms with Crippen LogP contribution in [0.3, 0.4) is 0 Å². The molecule has 0 spiro atoms. The highest BCUT2D eigenvalue weighted by atomic mass is 19.1. The number of benzene rings is 1. The van der Waals surface area contributed by atoms with Crippen molar-refractivity contribution in [3.63, 3.8) is 0 Å². The van der Waals surface area contributed by atoms with Crippen LogP contribution >= 0.6 is 0 Å². The lowest BCUT2D eigenvalue weighted by Crippen LogP contribution is -2.14. The van der Waals surface area contributed by atoms with Crippen molar-refractivity contribution in [2.45, 2.75) is 0 Å². The molecule has 0 heterocycles. The molecule has 0 fully saturated rings. The maximum Gasteiger partial charge on any atom is 0.345 e. The summed E-state index contributed by atoms with van der Waals surface area (Å²) in [6, 6.07) is 5.38. The Hall–Kier alpha value is -2.24. The summed E-state index contributed by atoms with van der Waals surface area (Å²) in [6.07, 6.45) is 0. The van der Waals surface area contributed by atoms with E-state index in [1.165, 1.54) is 31.4 Å². The summed E-state index contributed by atoms with van der Waals surface area (Å²) in [7, 11) is 1.19. The van der Waals surface area contributed by atoms with Crippen LogP contribution in [0.1, 0.15) is 20.7 Å². The van der Waals surface area contributed by atoms with Gasteiger partial charge < -0.3 is 9.47 Å². The molecule has 17 heavy (non-hydrogen) atoms. The number of methoxy groups -OCH3 is 1. The predicted molar refractivity (Wildman–Crippen MR) is 54.2 cm³/mol. The minimum Gasteiger partial charge on any atom is -0.465 e. The van der Waals surface area contributed by atoms with Crippen LogP contribution in [0.2, 0.25) is 0 Å². The summed E-state index contributed by atoms with van der Waals surface area (Å²) in [5.41, 5.74) is 0.101. The number of esters is 3. The Balaban J connectivity index is 2.88. The first kappa shape index (κ1) is 12.8. The van der Waals surface area contributed by atoms with Crippen molar-refractivity contribution in [2.24, 2.45) is 0 Å². The van der Waals surface area contributed by atoms with Crippen LogP contribution in [0, 0.1) is 0 Å². The average Bonchev–Trinajstić information content (AvgIpc) is 2.37. The molecule has 0 amide bonds. The van der Waals surface area contributed by atoms with Gasteiger partial charge in [0.05, 0.1) is 18.2 Å². The van der Waals surface area contributed by atoms with Crippen molar-refractivity contribution in [1.82, 2.24) is 0 Å². The number of carbonyl (C=O) groups excluding carboxylic acids is 3. The molecule has 0 aromatic heterocycles. The molecule has 0 bridgehead atoms. The molecule has 90 valence electrons. The molecule has 0 saturated heterocycles. The maximum absolute atomic E-state index is 11.8. The predicted octanol–water partition coefficient (Wildman–Crippen LogP) is 1.13. The molecular formula is C11H9FO5. The minimum absolute atomic E-state index is 0.0327. The van der Waals surface area contributed by atoms with Gasteiger partial charge in [0.25, 0.3) is 0 Å². The molecule has 1 aromatic rings. The van der Waals surface area contributed by atoms with Gasteiger partial charge >= 0.3 is 17.9 Å². The largest absolute Gasteiger partial charge is 0.465 e. The van der Waals surface area contributed by atoms with E-state index in [2.05, 4.69) is 9.47 Å². The Bertz CT molecular complexity index is 455. The third kappa shape index (κ3) is 3.37. The first-order valence-corrected chi connectivity index (χ1v) is 4.58. The van der Waals surface area contributed by atoms with Crippen LogP contribution in [-0.2, 0) is 14.3 Å². The van der Waals surface area contributed by atoms with Gasteiger partial charge in [0.1, 0.15) is 0 Å². The molecule has 0 aliphatic heterocycles. The number of rotatable bonds is 3. The number of carbonyl (C=O) groups is 3. The van der Waals surface area contributed by atoms with Crippen LogP contribution in [0.25, 0.3) is 0 Å². The highest BCUT2D eigenvalue weighted by Gasteiger charge is 2.14. The molecule has 1 rings (SSSR count). The Morgan fingerprint density at radius 2 is 1.76 bits per heavy atom. The number of hydrogen-bond acceptors (Lipinski definition) is 5. The molecule has 0 aliphatic rings. The van der Waals surface area contributed by atoms with Gasteiger partial charge in [-0.25, -0.2) is 18.8 Å². The SMILES string of the molecule is COC(=O)c1cccc(C(=O)OC(=O)CF)c1. The summed E-state index contributed by atoms with van der Waals surface area (Å²) in [5.74, 6) is -2.92. The van der Waals surface area contributed by atoms with Gasteiger partial charge in [-0.15, -0.1) is 0 Å². The maximum atomic E-state index is 11.8. The van der Waals surface area contributed by atoms with Crippen molar-refractivity contribution in [3.05, 3.63) is 35.4 Å². The zero-order valence-electron chi connectivity index (χ0n) is 8.94. The summed E-state index contributed by atoms with van der Waals surface area (Å²) < 4.78 is 20.4. The molecule has 0 N–H and O–H groups in total. The molecule has 0 radical (unpaired) electrons. The van der Waals surface area contributed by atoms with Crippen molar-refractivity contribution in [2.75, 3.05) is 13.8 Å². The molecule has 0 saturated carbocycles. The van der Waals surface area contributed by atoms with Gasteiger partial charge in [0.15, 0.2) is 6.67 Å². The van der Waals surface area contributed by atoms with Crippen LogP contribution < -0.4 is 0 Å². The highest BCUT2D eigenvalue weighted by Crippen LogP contribution is 2.08. The smallest absolute Gasteiger partial charge is 0.345 e. The lowest BCUT2D eigenvalue weighted by molar-refractivity contribution is -0.138. The quantitative estimate of drug-likeness (QED) is 0.585. The van der Waals surface area contributed by atoms with Crippen molar-refractivity contribution >= 4 is 17.9 Å². The third-order valence-corrected chi connectivity index (χ3v) is 1.84. The van der Waals surface area contributed by atoms with Crippen molar-refractivity contribution in [1.29, 1.82) is 0 Å². The van der Waals surface area contributed by atoms with Gasteiger partial charge in [0.2, 0.25) is 0 Å². The van der Waals surface area contributed by atoms with Crippen molar-refractivity contribution in [3.8, 4) is 0 Å². The van der Waals surface area contributed by atoms with E-state index in [0.717, 1.165) is 0 Å². The summed E-state index contributed by atoms with van der Waals surface area (Å²) in [5, 5.41) is 0. The zero-order valence-corrected chi connectivity index (χ0v) is 8.94. The van der Waals surface area contributed by atoms with Gasteiger partial charge in [0, 0.05) is 0 Å². The second-order valence-electron chi connectivity index (χ2n) is 2.97. The number of halogens is 1. The number of alkyl halides is 1. The standard InChI is InChI=1S/C11H9FO5/c1-16-10(14)7-3-2-4-8(5-7)11(15)17-9(13)6-12/h2-5H,6H2,1H3. The normalized spacial score (nSPS) is 9.53. The Labute approximate surface area is 96.1 Å². The summed E-state index contributed by atoms with van der Waals surface area (Å²) >= 11 is 0. The molecule has 0 unspecified atom stereocenters. The van der Waals surface area contributed by atoms with Gasteiger partial charge in [-0.3, -0.25) is 0 Å². The van der Waals surface area contributed by atoms with Gasteiger partial charge in [-0.2, -0.15) is 0 Å². The first-order chi connectivity index (χ1) is 8.08. The van der Waals surface area contributed by atoms with E-state index in [1.54, 1.807) is 0 Å². The van der Waals surface area contributed by atoms with Gasteiger partial charge in [-0.1, -0.05) is 6.07 Å². The number of hydrogen-bond donors (Lipinski definition) is 0.